The summed E-state index contributed by atoms with van der Waals surface area (Å²) in [7, 11) is 0. The molecule has 0 atom stereocenters. The number of para-hydroxylation sites is 1. The summed E-state index contributed by atoms with van der Waals surface area (Å²) < 4.78 is 2.18. The van der Waals surface area contributed by atoms with E-state index in [2.05, 4.69) is 40.8 Å². The Morgan fingerprint density at radius 1 is 1.12 bits per heavy atom. The minimum atomic E-state index is -0.118. The SMILES string of the molecule is Cc1ccc(SN2CCC(N)=C(C(=O)Nc3ccccc3)C2)cc1. The summed E-state index contributed by atoms with van der Waals surface area (Å²) in [6, 6.07) is 17.9. The van der Waals surface area contributed by atoms with E-state index in [1.54, 1.807) is 11.9 Å². The summed E-state index contributed by atoms with van der Waals surface area (Å²) >= 11 is 1.67. The second kappa shape index (κ2) is 7.55. The number of nitrogens with zero attached hydrogens (tertiary/aromatic N) is 1. The number of aryl methyl sites for hydroxylation is 1. The molecule has 24 heavy (non-hydrogen) atoms. The Balaban J connectivity index is 1.66. The molecule has 0 aromatic heterocycles. The Hall–Kier alpha value is -2.24. The van der Waals surface area contributed by atoms with E-state index in [-0.39, 0.29) is 5.91 Å². The Kier molecular flexibility index (Phi) is 5.23. The lowest BCUT2D eigenvalue weighted by atomic mass is 10.1. The van der Waals surface area contributed by atoms with Crippen molar-refractivity contribution in [3.8, 4) is 0 Å². The summed E-state index contributed by atoms with van der Waals surface area (Å²) in [5, 5.41) is 2.92. The van der Waals surface area contributed by atoms with Crippen molar-refractivity contribution < 1.29 is 4.79 Å². The molecule has 2 aromatic carbocycles. The van der Waals surface area contributed by atoms with E-state index in [9.17, 15) is 4.79 Å². The summed E-state index contributed by atoms with van der Waals surface area (Å²) in [6.07, 6.45) is 0.705. The molecule has 3 rings (SSSR count). The molecular weight excluding hydrogens is 318 g/mol. The molecule has 1 aliphatic heterocycles. The summed E-state index contributed by atoms with van der Waals surface area (Å²) in [5.41, 5.74) is 9.46. The van der Waals surface area contributed by atoms with Crippen LogP contribution < -0.4 is 11.1 Å². The van der Waals surface area contributed by atoms with Gasteiger partial charge in [0.05, 0.1) is 5.57 Å². The highest BCUT2D eigenvalue weighted by Crippen LogP contribution is 2.28. The van der Waals surface area contributed by atoms with Crippen LogP contribution in [0.5, 0.6) is 0 Å². The monoisotopic (exact) mass is 339 g/mol. The molecule has 0 fully saturated rings. The van der Waals surface area contributed by atoms with Crippen molar-refractivity contribution in [1.82, 2.24) is 4.31 Å². The van der Waals surface area contributed by atoms with Crippen LogP contribution in [0.15, 0.2) is 70.8 Å². The quantitative estimate of drug-likeness (QED) is 0.836. The molecule has 0 saturated heterocycles. The lowest BCUT2D eigenvalue weighted by Gasteiger charge is -2.28. The van der Waals surface area contributed by atoms with E-state index in [0.29, 0.717) is 24.2 Å². The summed E-state index contributed by atoms with van der Waals surface area (Å²) in [4.78, 5) is 13.7. The molecule has 1 heterocycles. The number of rotatable bonds is 4. The first-order valence-corrected chi connectivity index (χ1v) is 8.72. The Bertz CT molecular complexity index is 741. The first kappa shape index (κ1) is 16.6. The Morgan fingerprint density at radius 2 is 1.83 bits per heavy atom. The van der Waals surface area contributed by atoms with E-state index in [1.165, 1.54) is 10.5 Å². The van der Waals surface area contributed by atoms with Crippen LogP contribution in [0.25, 0.3) is 0 Å². The molecular formula is C19H21N3OS. The average Bonchev–Trinajstić information content (AvgIpc) is 2.59. The minimum Gasteiger partial charge on any atom is -0.402 e. The molecule has 1 amide bonds. The van der Waals surface area contributed by atoms with Gasteiger partial charge in [-0.2, -0.15) is 0 Å². The van der Waals surface area contributed by atoms with Crippen molar-refractivity contribution in [3.05, 3.63) is 71.4 Å². The predicted molar refractivity (Wildman–Crippen MR) is 99.5 cm³/mol. The number of carbonyl (C=O) groups is 1. The second-order valence-corrected chi connectivity index (χ2v) is 7.01. The largest absolute Gasteiger partial charge is 0.402 e. The van der Waals surface area contributed by atoms with Gasteiger partial charge in [0.15, 0.2) is 0 Å². The van der Waals surface area contributed by atoms with Gasteiger partial charge in [-0.05, 0) is 43.1 Å². The van der Waals surface area contributed by atoms with Gasteiger partial charge in [0.2, 0.25) is 0 Å². The van der Waals surface area contributed by atoms with E-state index in [0.717, 1.165) is 12.2 Å². The maximum Gasteiger partial charge on any atom is 0.254 e. The zero-order valence-corrected chi connectivity index (χ0v) is 14.5. The van der Waals surface area contributed by atoms with Gasteiger partial charge in [-0.3, -0.25) is 4.79 Å². The van der Waals surface area contributed by atoms with Crippen molar-refractivity contribution in [2.45, 2.75) is 18.2 Å². The molecule has 0 spiro atoms. The maximum absolute atomic E-state index is 12.5. The van der Waals surface area contributed by atoms with E-state index >= 15 is 0 Å². The fourth-order valence-electron chi connectivity index (χ4n) is 2.52. The number of hydrogen-bond donors (Lipinski definition) is 2. The van der Waals surface area contributed by atoms with Crippen molar-refractivity contribution >= 4 is 23.5 Å². The van der Waals surface area contributed by atoms with E-state index in [1.807, 2.05) is 30.3 Å². The molecule has 2 aromatic rings. The topological polar surface area (TPSA) is 58.4 Å². The first-order valence-electron chi connectivity index (χ1n) is 7.95. The molecule has 0 radical (unpaired) electrons. The standard InChI is InChI=1S/C19H21N3OS/c1-14-7-9-16(10-8-14)24-22-12-11-18(20)17(13-22)19(23)21-15-5-3-2-4-6-15/h2-10H,11-13,20H2,1H3,(H,21,23). The molecule has 0 saturated carbocycles. The van der Waals surface area contributed by atoms with Crippen LogP contribution in [0.1, 0.15) is 12.0 Å². The first-order chi connectivity index (χ1) is 11.6. The summed E-state index contributed by atoms with van der Waals surface area (Å²) in [6.45, 7) is 3.46. The lowest BCUT2D eigenvalue weighted by Crippen LogP contribution is -2.33. The lowest BCUT2D eigenvalue weighted by molar-refractivity contribution is -0.113. The van der Waals surface area contributed by atoms with E-state index in [4.69, 9.17) is 5.73 Å². The van der Waals surface area contributed by atoms with Gasteiger partial charge in [-0.1, -0.05) is 35.9 Å². The average molecular weight is 339 g/mol. The van der Waals surface area contributed by atoms with Gasteiger partial charge in [0.1, 0.15) is 0 Å². The molecule has 4 nitrogen and oxygen atoms in total. The number of amides is 1. The second-order valence-electron chi connectivity index (χ2n) is 5.84. The van der Waals surface area contributed by atoms with Gasteiger partial charge in [0.25, 0.3) is 5.91 Å². The van der Waals surface area contributed by atoms with Crippen LogP contribution in [0, 0.1) is 6.92 Å². The van der Waals surface area contributed by atoms with Gasteiger partial charge >= 0.3 is 0 Å². The van der Waals surface area contributed by atoms with Crippen LogP contribution in [0.2, 0.25) is 0 Å². The van der Waals surface area contributed by atoms with Crippen molar-refractivity contribution in [2.24, 2.45) is 5.73 Å². The summed E-state index contributed by atoms with van der Waals surface area (Å²) in [5.74, 6) is -0.118. The van der Waals surface area contributed by atoms with Crippen molar-refractivity contribution in [1.29, 1.82) is 0 Å². The third-order valence-corrected chi connectivity index (χ3v) is 4.97. The normalized spacial score (nSPS) is 15.4. The number of hydrogen-bond acceptors (Lipinski definition) is 4. The zero-order valence-electron chi connectivity index (χ0n) is 13.7. The third-order valence-electron chi connectivity index (χ3n) is 3.91. The molecule has 1 aliphatic rings. The maximum atomic E-state index is 12.5. The molecule has 0 bridgehead atoms. The highest BCUT2D eigenvalue weighted by Gasteiger charge is 2.23. The highest BCUT2D eigenvalue weighted by atomic mass is 32.2. The molecule has 5 heteroatoms. The fraction of sp³-hybridized carbons (Fsp3) is 0.211. The van der Waals surface area contributed by atoms with Crippen LogP contribution >= 0.6 is 11.9 Å². The van der Waals surface area contributed by atoms with Gasteiger partial charge in [0, 0.05) is 35.8 Å². The van der Waals surface area contributed by atoms with Crippen molar-refractivity contribution in [2.75, 3.05) is 18.4 Å². The van der Waals surface area contributed by atoms with Gasteiger partial charge in [-0.25, -0.2) is 4.31 Å². The number of nitrogens with one attached hydrogen (secondary N) is 1. The molecule has 0 unspecified atom stereocenters. The Labute approximate surface area is 146 Å². The minimum absolute atomic E-state index is 0.118. The molecule has 0 aliphatic carbocycles. The van der Waals surface area contributed by atoms with Gasteiger partial charge in [-0.15, -0.1) is 0 Å². The van der Waals surface area contributed by atoms with Crippen LogP contribution in [-0.4, -0.2) is 23.3 Å². The van der Waals surface area contributed by atoms with Crippen molar-refractivity contribution in [3.63, 3.8) is 0 Å². The van der Waals surface area contributed by atoms with Gasteiger partial charge < -0.3 is 11.1 Å². The highest BCUT2D eigenvalue weighted by molar-refractivity contribution is 7.97. The van der Waals surface area contributed by atoms with Crippen LogP contribution in [0.4, 0.5) is 5.69 Å². The smallest absolute Gasteiger partial charge is 0.254 e. The zero-order chi connectivity index (χ0) is 16.9. The van der Waals surface area contributed by atoms with Crippen LogP contribution in [0.3, 0.4) is 0 Å². The number of nitrogens with two attached hydrogens (primary N) is 1. The fourth-order valence-corrected chi connectivity index (χ4v) is 3.46. The Morgan fingerprint density at radius 3 is 2.54 bits per heavy atom. The molecule has 3 N–H and O–H groups in total. The number of benzene rings is 2. The number of anilines is 1. The molecule has 124 valence electrons. The predicted octanol–water partition coefficient (Wildman–Crippen LogP) is 3.56. The number of carbonyl (C=O) groups excluding carboxylic acids is 1. The third kappa shape index (κ3) is 4.19. The van der Waals surface area contributed by atoms with Crippen LogP contribution in [-0.2, 0) is 4.79 Å². The van der Waals surface area contributed by atoms with E-state index < -0.39 is 0 Å².